The normalized spacial score (nSPS) is 18.7. The number of rotatable bonds is 8. The van der Waals surface area contributed by atoms with Crippen LogP contribution in [-0.4, -0.2) is 47.1 Å². The zero-order valence-corrected chi connectivity index (χ0v) is 27.2. The van der Waals surface area contributed by atoms with E-state index in [1.807, 2.05) is 19.1 Å². The molecule has 6 rings (SSSR count). The molecule has 2 aliphatic heterocycles. The number of H-pyrrole nitrogens is 1. The van der Waals surface area contributed by atoms with Crippen LogP contribution in [0.15, 0.2) is 81.0 Å². The Morgan fingerprint density at radius 2 is 1.73 bits per heavy atom. The number of hydrogen-bond donors (Lipinski definition) is 2. The number of carbonyl (C=O) groups excluding carboxylic acids is 4. The van der Waals surface area contributed by atoms with Gasteiger partial charge < -0.3 is 19.8 Å². The molecule has 1 aromatic heterocycles. The Kier molecular flexibility index (Phi) is 8.67. The molecule has 2 aliphatic rings. The molecule has 2 N–H and O–H groups in total. The van der Waals surface area contributed by atoms with Gasteiger partial charge in [-0.15, -0.1) is 0 Å². The fraction of sp³-hybridized carbons (Fsp3) is 0.219. The number of hydrogen-bond acceptors (Lipinski definition) is 9. The second-order valence-corrected chi connectivity index (χ2v) is 13.5. The molecule has 13 heteroatoms. The van der Waals surface area contributed by atoms with Crippen molar-refractivity contribution in [1.82, 2.24) is 4.98 Å². The van der Waals surface area contributed by atoms with Gasteiger partial charge in [-0.2, -0.15) is 0 Å². The minimum absolute atomic E-state index is 0.219. The van der Waals surface area contributed by atoms with Crippen LogP contribution in [0.1, 0.15) is 39.2 Å². The first-order valence-electron chi connectivity index (χ1n) is 14.0. The number of halogens is 1. The predicted octanol–water partition coefficient (Wildman–Crippen LogP) is 5.50. The van der Waals surface area contributed by atoms with Crippen LogP contribution in [0.25, 0.3) is 0 Å². The summed E-state index contributed by atoms with van der Waals surface area (Å²) in [6.07, 6.45) is 0. The van der Waals surface area contributed by atoms with Gasteiger partial charge in [0.05, 0.1) is 28.8 Å². The average molecular weight is 709 g/mol. The Labute approximate surface area is 274 Å². The number of aromatic amines is 1. The summed E-state index contributed by atoms with van der Waals surface area (Å²) in [6, 6.07) is 18.7. The molecule has 3 atom stereocenters. The molecule has 4 aromatic rings. The maximum absolute atomic E-state index is 14.2. The van der Waals surface area contributed by atoms with Gasteiger partial charge in [0.25, 0.3) is 5.91 Å². The highest BCUT2D eigenvalue weighted by molar-refractivity contribution is 9.10. The van der Waals surface area contributed by atoms with Crippen LogP contribution in [0.5, 0.6) is 5.75 Å². The molecular weight excluding hydrogens is 682 g/mol. The van der Waals surface area contributed by atoms with E-state index in [0.29, 0.717) is 42.6 Å². The Balaban J connectivity index is 1.33. The Morgan fingerprint density at radius 3 is 2.44 bits per heavy atom. The van der Waals surface area contributed by atoms with Crippen molar-refractivity contribution in [2.24, 2.45) is 5.92 Å². The molecule has 3 aromatic carbocycles. The number of benzene rings is 3. The predicted molar refractivity (Wildman–Crippen MR) is 174 cm³/mol. The van der Waals surface area contributed by atoms with Gasteiger partial charge in [0, 0.05) is 26.5 Å². The number of esters is 1. The van der Waals surface area contributed by atoms with Crippen LogP contribution < -0.4 is 19.8 Å². The fourth-order valence-corrected chi connectivity index (χ4v) is 8.32. The zero-order chi connectivity index (χ0) is 31.8. The van der Waals surface area contributed by atoms with Gasteiger partial charge in [0.15, 0.2) is 6.61 Å². The van der Waals surface area contributed by atoms with E-state index in [2.05, 4.69) is 26.2 Å². The quantitative estimate of drug-likeness (QED) is 0.181. The first kappa shape index (κ1) is 30.8. The number of fused-ring (bicyclic) bond motifs is 2. The number of imide groups is 1. The second-order valence-electron chi connectivity index (χ2n) is 10.4. The Morgan fingerprint density at radius 1 is 1.00 bits per heavy atom. The molecule has 0 spiro atoms. The number of carbonyl (C=O) groups is 4. The summed E-state index contributed by atoms with van der Waals surface area (Å²) < 4.78 is 11.8. The van der Waals surface area contributed by atoms with E-state index in [4.69, 9.17) is 9.47 Å². The number of thioether (sulfide) groups is 1. The van der Waals surface area contributed by atoms with E-state index in [9.17, 15) is 24.0 Å². The van der Waals surface area contributed by atoms with Crippen molar-refractivity contribution >= 4 is 74.1 Å². The van der Waals surface area contributed by atoms with E-state index < -0.39 is 34.9 Å². The van der Waals surface area contributed by atoms with Crippen molar-refractivity contribution in [3.63, 3.8) is 0 Å². The third-order valence-electron chi connectivity index (χ3n) is 7.46. The molecule has 10 nitrogen and oxygen atoms in total. The van der Waals surface area contributed by atoms with Crippen LogP contribution in [0.4, 0.5) is 11.4 Å². The topological polar surface area (TPSA) is 135 Å². The lowest BCUT2D eigenvalue weighted by molar-refractivity contribution is -0.122. The van der Waals surface area contributed by atoms with E-state index in [-0.39, 0.29) is 24.0 Å². The molecule has 45 heavy (non-hydrogen) atoms. The lowest BCUT2D eigenvalue weighted by atomic mass is 9.82. The van der Waals surface area contributed by atoms with E-state index in [0.717, 1.165) is 33.6 Å². The highest BCUT2D eigenvalue weighted by Gasteiger charge is 2.56. The molecule has 230 valence electrons. The third kappa shape index (κ3) is 6.07. The first-order valence-corrected chi connectivity index (χ1v) is 16.5. The highest BCUT2D eigenvalue weighted by Crippen LogP contribution is 2.54. The number of aromatic nitrogens is 1. The van der Waals surface area contributed by atoms with Crippen molar-refractivity contribution in [2.75, 3.05) is 23.4 Å². The summed E-state index contributed by atoms with van der Waals surface area (Å²) in [4.78, 5) is 69.7. The third-order valence-corrected chi connectivity index (χ3v) is 10.4. The molecule has 0 radical (unpaired) electrons. The Bertz CT molecular complexity index is 1870. The van der Waals surface area contributed by atoms with Gasteiger partial charge in [-0.3, -0.25) is 19.2 Å². The summed E-state index contributed by atoms with van der Waals surface area (Å²) >= 11 is 5.64. The van der Waals surface area contributed by atoms with E-state index in [1.165, 1.54) is 24.3 Å². The van der Waals surface area contributed by atoms with Crippen molar-refractivity contribution < 1.29 is 28.7 Å². The average Bonchev–Trinajstić information content (AvgIpc) is 3.51. The number of anilines is 2. The molecule has 0 saturated carbocycles. The summed E-state index contributed by atoms with van der Waals surface area (Å²) in [5.74, 6) is -3.00. The molecule has 0 bridgehead atoms. The minimum Gasteiger partial charge on any atom is -0.483 e. The van der Waals surface area contributed by atoms with Crippen molar-refractivity contribution in [2.45, 2.75) is 30.0 Å². The summed E-state index contributed by atoms with van der Waals surface area (Å²) in [6.45, 7) is 3.57. The minimum atomic E-state index is -0.871. The number of amides is 3. The number of aryl methyl sites for hydroxylation is 1. The number of nitrogens with one attached hydrogen (secondary N) is 2. The monoisotopic (exact) mass is 707 g/mol. The zero-order valence-electron chi connectivity index (χ0n) is 24.0. The highest BCUT2D eigenvalue weighted by atomic mass is 79.9. The second kappa shape index (κ2) is 12.7. The van der Waals surface area contributed by atoms with Crippen LogP contribution in [0.3, 0.4) is 0 Å². The molecule has 3 heterocycles. The fourth-order valence-electron chi connectivity index (χ4n) is 5.44. The number of ether oxygens (including phenoxy) is 2. The molecule has 3 amide bonds. The van der Waals surface area contributed by atoms with Crippen LogP contribution in [0, 0.1) is 12.8 Å². The van der Waals surface area contributed by atoms with Gasteiger partial charge in [0.2, 0.25) is 11.8 Å². The molecule has 1 fully saturated rings. The van der Waals surface area contributed by atoms with Crippen molar-refractivity contribution in [3.05, 3.63) is 102 Å². The molecule has 0 aliphatic carbocycles. The lowest BCUT2D eigenvalue weighted by Gasteiger charge is -2.31. The lowest BCUT2D eigenvalue weighted by Crippen LogP contribution is -2.32. The molecule has 1 saturated heterocycles. The maximum atomic E-state index is 14.2. The van der Waals surface area contributed by atoms with Gasteiger partial charge in [-0.05, 0) is 68.4 Å². The maximum Gasteiger partial charge on any atom is 0.338 e. The SMILES string of the molecule is CCOC(=O)c1ccc(N2C(=O)C3Sc4[nH]c(=O)sc4C(c4cc(Br)ccc4OCC(=O)Nc4ccc(C)cc4)C3C2=O)cc1. The largest absolute Gasteiger partial charge is 0.483 e. The number of nitrogens with zero attached hydrogens (tertiary/aromatic N) is 1. The van der Waals surface area contributed by atoms with Gasteiger partial charge in [-0.25, -0.2) is 9.69 Å². The van der Waals surface area contributed by atoms with E-state index >= 15 is 0 Å². The summed E-state index contributed by atoms with van der Waals surface area (Å²) in [5, 5.41) is 2.49. The summed E-state index contributed by atoms with van der Waals surface area (Å²) in [5.41, 5.74) is 2.87. The van der Waals surface area contributed by atoms with Crippen LogP contribution in [0.2, 0.25) is 0 Å². The van der Waals surface area contributed by atoms with Gasteiger partial charge in [-0.1, -0.05) is 56.7 Å². The van der Waals surface area contributed by atoms with E-state index in [1.54, 1.807) is 37.3 Å². The van der Waals surface area contributed by atoms with Crippen molar-refractivity contribution in [1.29, 1.82) is 0 Å². The number of thiazole rings is 1. The van der Waals surface area contributed by atoms with Crippen LogP contribution in [-0.2, 0) is 19.1 Å². The van der Waals surface area contributed by atoms with Gasteiger partial charge in [0.1, 0.15) is 11.0 Å². The van der Waals surface area contributed by atoms with Crippen LogP contribution >= 0.6 is 39.0 Å². The Hall–Kier alpha value is -4.20. The van der Waals surface area contributed by atoms with Gasteiger partial charge >= 0.3 is 10.8 Å². The first-order chi connectivity index (χ1) is 21.6. The summed E-state index contributed by atoms with van der Waals surface area (Å²) in [7, 11) is 0. The van der Waals surface area contributed by atoms with Crippen molar-refractivity contribution in [3.8, 4) is 5.75 Å². The molecule has 3 unspecified atom stereocenters. The smallest absolute Gasteiger partial charge is 0.338 e. The molecular formula is C32H26BrN3O7S2. The standard InChI is InChI=1S/C32H26BrN3O7S2/c1-3-42-31(40)17-6-11-20(12-7-17)36-29(38)25-24(26-28(35-32(41)45-26)44-27(25)30(36)39)21-14-18(33)8-13-22(21)43-15-23(37)34-19-9-4-16(2)5-10-19/h4-14,24-25,27H,3,15H2,1-2H3,(H,34,37)(H,35,41).